The molecule has 3 aromatic carbocycles. The number of anilines is 1. The van der Waals surface area contributed by atoms with Gasteiger partial charge < -0.3 is 10.1 Å². The molecule has 0 spiro atoms. The van der Waals surface area contributed by atoms with Crippen molar-refractivity contribution in [3.63, 3.8) is 0 Å². The molecule has 12 heteroatoms. The van der Waals surface area contributed by atoms with Crippen LogP contribution in [0.15, 0.2) is 65.6 Å². The van der Waals surface area contributed by atoms with Crippen LogP contribution in [0.25, 0.3) is 11.1 Å². The second kappa shape index (κ2) is 10.4. The van der Waals surface area contributed by atoms with E-state index in [9.17, 15) is 35.2 Å². The quantitative estimate of drug-likeness (QED) is 0.368. The summed E-state index contributed by atoms with van der Waals surface area (Å²) >= 11 is 0. The molecule has 0 unspecified atom stereocenters. The summed E-state index contributed by atoms with van der Waals surface area (Å²) < 4.78 is 103. The van der Waals surface area contributed by atoms with E-state index in [0.717, 1.165) is 40.7 Å². The minimum absolute atomic E-state index is 0.000412. The fraction of sp³-hybridized carbons (Fsp3) is 0.321. The van der Waals surface area contributed by atoms with Crippen LogP contribution in [0.2, 0.25) is 0 Å². The van der Waals surface area contributed by atoms with Gasteiger partial charge in [-0.25, -0.2) is 17.2 Å². The van der Waals surface area contributed by atoms with Gasteiger partial charge in [0.15, 0.2) is 0 Å². The number of ether oxygens (including phenoxy) is 1. The molecular weight excluding hydrogens is 555 g/mol. The topological polar surface area (TPSA) is 75.7 Å². The molecule has 3 aromatic rings. The Morgan fingerprint density at radius 3 is 2.50 bits per heavy atom. The molecule has 1 atom stereocenters. The molecule has 0 radical (unpaired) electrons. The van der Waals surface area contributed by atoms with Crippen molar-refractivity contribution in [2.75, 3.05) is 10.8 Å². The Hall–Kier alpha value is -3.67. The Morgan fingerprint density at radius 2 is 1.80 bits per heavy atom. The van der Waals surface area contributed by atoms with E-state index in [4.69, 9.17) is 4.74 Å². The maximum absolute atomic E-state index is 14.5. The van der Waals surface area contributed by atoms with E-state index in [2.05, 4.69) is 5.32 Å². The highest BCUT2D eigenvalue weighted by Crippen LogP contribution is 2.43. The normalized spacial score (nSPS) is 20.8. The van der Waals surface area contributed by atoms with Gasteiger partial charge in [-0.1, -0.05) is 12.1 Å². The predicted molar refractivity (Wildman–Crippen MR) is 137 cm³/mol. The number of hydrogen-bond donors (Lipinski definition) is 1. The lowest BCUT2D eigenvalue weighted by molar-refractivity contribution is -0.137. The molecule has 1 aliphatic carbocycles. The van der Waals surface area contributed by atoms with Gasteiger partial charge in [0.1, 0.15) is 23.5 Å². The number of rotatable bonds is 6. The van der Waals surface area contributed by atoms with Crippen molar-refractivity contribution >= 4 is 21.6 Å². The van der Waals surface area contributed by atoms with Gasteiger partial charge in [0, 0.05) is 18.5 Å². The highest BCUT2D eigenvalue weighted by atomic mass is 32.2. The third-order valence-electron chi connectivity index (χ3n) is 7.12. The molecule has 1 saturated carbocycles. The molecule has 5 rings (SSSR count). The summed E-state index contributed by atoms with van der Waals surface area (Å²) in [5.41, 5.74) is -1.06. The van der Waals surface area contributed by atoms with Crippen LogP contribution < -0.4 is 14.4 Å². The minimum Gasteiger partial charge on any atom is -0.486 e. The van der Waals surface area contributed by atoms with Crippen LogP contribution in [0.1, 0.15) is 31.7 Å². The number of benzene rings is 3. The largest absolute Gasteiger partial charge is 0.486 e. The first kappa shape index (κ1) is 27.9. The Morgan fingerprint density at radius 1 is 1.05 bits per heavy atom. The van der Waals surface area contributed by atoms with Crippen molar-refractivity contribution in [3.8, 4) is 16.9 Å². The summed E-state index contributed by atoms with van der Waals surface area (Å²) in [6, 6.07) is 10.6. The van der Waals surface area contributed by atoms with Crippen molar-refractivity contribution in [3.05, 3.63) is 77.9 Å². The standard InChI is InChI=1S/C28H25F5N2O4S/c1-16(36)34-21-9-17(10-21)11-22-15-35(40(37,38)23-4-2-3-19(13-23)28(31,32)33)26-12-18(5-8-27(26)39-22)24-14-20(29)6-7-25(24)30/h2-8,12-14,17,21-22H,9-11,15H2,1H3,(H,34,36)/t17?,21?,22-/m0/s1. The molecule has 1 amide bonds. The van der Waals surface area contributed by atoms with E-state index in [1.165, 1.54) is 25.1 Å². The van der Waals surface area contributed by atoms with E-state index >= 15 is 0 Å². The maximum Gasteiger partial charge on any atom is 0.416 e. The van der Waals surface area contributed by atoms with Crippen LogP contribution in [0, 0.1) is 17.6 Å². The third-order valence-corrected chi connectivity index (χ3v) is 8.89. The number of nitrogens with one attached hydrogen (secondary N) is 1. The van der Waals surface area contributed by atoms with Crippen LogP contribution in [0.4, 0.5) is 27.6 Å². The zero-order valence-electron chi connectivity index (χ0n) is 21.2. The maximum atomic E-state index is 14.5. The van der Waals surface area contributed by atoms with E-state index < -0.39 is 44.4 Å². The number of halogens is 5. The number of fused-ring (bicyclic) bond motifs is 1. The summed E-state index contributed by atoms with van der Waals surface area (Å²) in [7, 11) is -4.53. The van der Waals surface area contributed by atoms with Gasteiger partial charge in [-0.2, -0.15) is 13.2 Å². The monoisotopic (exact) mass is 580 g/mol. The smallest absolute Gasteiger partial charge is 0.416 e. The van der Waals surface area contributed by atoms with Gasteiger partial charge in [-0.15, -0.1) is 0 Å². The second-order valence-electron chi connectivity index (χ2n) is 10.1. The fourth-order valence-electron chi connectivity index (χ4n) is 5.21. The third kappa shape index (κ3) is 5.63. The highest BCUT2D eigenvalue weighted by Gasteiger charge is 2.39. The number of carbonyl (C=O) groups excluding carboxylic acids is 1. The molecule has 1 aliphatic heterocycles. The summed E-state index contributed by atoms with van der Waals surface area (Å²) in [6.07, 6.45) is -3.57. The molecular formula is C28H25F5N2O4S. The van der Waals surface area contributed by atoms with Crippen molar-refractivity contribution in [1.29, 1.82) is 0 Å². The zero-order chi connectivity index (χ0) is 28.8. The van der Waals surface area contributed by atoms with Crippen molar-refractivity contribution < 1.29 is 39.9 Å². The van der Waals surface area contributed by atoms with Gasteiger partial charge in [0.25, 0.3) is 10.0 Å². The molecule has 2 aliphatic rings. The first-order valence-electron chi connectivity index (χ1n) is 12.5. The lowest BCUT2D eigenvalue weighted by atomic mass is 9.77. The predicted octanol–water partition coefficient (Wildman–Crippen LogP) is 5.91. The fourth-order valence-corrected chi connectivity index (χ4v) is 6.76. The number of sulfonamides is 1. The summed E-state index contributed by atoms with van der Waals surface area (Å²) in [6.45, 7) is 1.22. The molecule has 1 fully saturated rings. The van der Waals surface area contributed by atoms with Gasteiger partial charge in [0.2, 0.25) is 5.91 Å². The Kier molecular flexibility index (Phi) is 7.24. The first-order chi connectivity index (χ1) is 18.8. The van der Waals surface area contributed by atoms with E-state index in [1.54, 1.807) is 0 Å². The van der Waals surface area contributed by atoms with Crippen molar-refractivity contribution in [1.82, 2.24) is 5.32 Å². The van der Waals surface area contributed by atoms with E-state index in [0.29, 0.717) is 25.3 Å². The SMILES string of the molecule is CC(=O)NC1CC(C[C@H]2CN(S(=O)(=O)c3cccc(C(F)(F)F)c3)c3cc(-c4cc(F)ccc4F)ccc3O2)C1. The lowest BCUT2D eigenvalue weighted by Gasteiger charge is -2.41. The van der Waals surface area contributed by atoms with Crippen LogP contribution in [0.5, 0.6) is 5.75 Å². The number of amides is 1. The molecule has 1 N–H and O–H groups in total. The van der Waals surface area contributed by atoms with Crippen LogP contribution in [-0.4, -0.2) is 33.0 Å². The van der Waals surface area contributed by atoms with Gasteiger partial charge in [-0.3, -0.25) is 9.10 Å². The number of carbonyl (C=O) groups is 1. The highest BCUT2D eigenvalue weighted by molar-refractivity contribution is 7.92. The number of hydrogen-bond acceptors (Lipinski definition) is 4. The van der Waals surface area contributed by atoms with Gasteiger partial charge in [-0.05, 0) is 79.3 Å². The molecule has 212 valence electrons. The molecule has 40 heavy (non-hydrogen) atoms. The first-order valence-corrected chi connectivity index (χ1v) is 14.0. The Balaban J connectivity index is 1.52. The van der Waals surface area contributed by atoms with Crippen LogP contribution in [0.3, 0.4) is 0 Å². The van der Waals surface area contributed by atoms with Gasteiger partial charge in [0.05, 0.1) is 22.7 Å². The number of nitrogens with zero attached hydrogens (tertiary/aromatic N) is 1. The van der Waals surface area contributed by atoms with Crippen molar-refractivity contribution in [2.24, 2.45) is 5.92 Å². The molecule has 0 bridgehead atoms. The van der Waals surface area contributed by atoms with E-state index in [-0.39, 0.29) is 47.0 Å². The van der Waals surface area contributed by atoms with Crippen molar-refractivity contribution in [2.45, 2.75) is 49.4 Å². The Bertz CT molecular complexity index is 1550. The molecule has 0 aromatic heterocycles. The van der Waals surface area contributed by atoms with Crippen LogP contribution in [-0.2, 0) is 21.0 Å². The molecule has 6 nitrogen and oxygen atoms in total. The summed E-state index contributed by atoms with van der Waals surface area (Å²) in [5.74, 6) is -1.29. The van der Waals surface area contributed by atoms with Crippen LogP contribution >= 0.6 is 0 Å². The summed E-state index contributed by atoms with van der Waals surface area (Å²) in [5, 5.41) is 2.83. The number of alkyl halides is 3. The second-order valence-corrected chi connectivity index (χ2v) is 11.9. The average molecular weight is 581 g/mol. The van der Waals surface area contributed by atoms with Gasteiger partial charge >= 0.3 is 6.18 Å². The Labute approximate surface area is 227 Å². The summed E-state index contributed by atoms with van der Waals surface area (Å²) in [4.78, 5) is 10.7. The van der Waals surface area contributed by atoms with E-state index in [1.807, 2.05) is 0 Å². The molecule has 0 saturated heterocycles. The average Bonchev–Trinajstić information content (AvgIpc) is 2.87. The minimum atomic E-state index is -4.76. The molecule has 1 heterocycles. The zero-order valence-corrected chi connectivity index (χ0v) is 22.0. The lowest BCUT2D eigenvalue weighted by Crippen LogP contribution is -2.48.